The number of carbonyl (C=O) groups excluding carboxylic acids is 2. The molecular formula is C29H41NO3SSi. The van der Waals surface area contributed by atoms with Crippen LogP contribution in [0.5, 0.6) is 0 Å². The quantitative estimate of drug-likeness (QED) is 0.291. The largest absolute Gasteiger partial charge is 0.432 e. The second kappa shape index (κ2) is 12.6. The van der Waals surface area contributed by atoms with Gasteiger partial charge in [-0.2, -0.15) is 0 Å². The van der Waals surface area contributed by atoms with Crippen LogP contribution in [0.1, 0.15) is 65.5 Å². The molecule has 3 atom stereocenters. The first kappa shape index (κ1) is 29.0. The van der Waals surface area contributed by atoms with Gasteiger partial charge < -0.3 is 10.1 Å². The number of nitrogens with one attached hydrogen (secondary N) is 1. The van der Waals surface area contributed by atoms with E-state index >= 15 is 0 Å². The topological polar surface area (TPSA) is 55.4 Å². The minimum absolute atomic E-state index is 0.0377. The highest BCUT2D eigenvalue weighted by atomic mass is 32.2. The number of carbonyl (C=O) groups is 2. The van der Waals surface area contributed by atoms with Gasteiger partial charge in [-0.3, -0.25) is 4.79 Å². The third-order valence-electron chi connectivity index (χ3n) is 5.39. The SMILES string of the molecule is CCCC[C@H](C(=O)SC(C)(C)C)[C@@H](C#C[Si](C)(C)C)OC(=O)N[C@H](C)c1cccc2ccccc12. The van der Waals surface area contributed by atoms with Crippen LogP contribution in [0, 0.1) is 17.4 Å². The molecule has 0 aliphatic rings. The Hall–Kier alpha value is -2.23. The summed E-state index contributed by atoms with van der Waals surface area (Å²) >= 11 is 1.31. The number of amides is 1. The van der Waals surface area contributed by atoms with Crippen LogP contribution in [0.4, 0.5) is 4.79 Å². The van der Waals surface area contributed by atoms with E-state index in [1.54, 1.807) is 0 Å². The smallest absolute Gasteiger partial charge is 0.408 e. The van der Waals surface area contributed by atoms with E-state index < -0.39 is 26.2 Å². The van der Waals surface area contributed by atoms with Crippen molar-refractivity contribution in [3.8, 4) is 11.5 Å². The van der Waals surface area contributed by atoms with Crippen molar-refractivity contribution >= 4 is 41.8 Å². The van der Waals surface area contributed by atoms with Crippen molar-refractivity contribution in [2.75, 3.05) is 0 Å². The second-order valence-electron chi connectivity index (χ2n) is 11.1. The summed E-state index contributed by atoms with van der Waals surface area (Å²) in [7, 11) is -1.74. The number of benzene rings is 2. The van der Waals surface area contributed by atoms with Gasteiger partial charge in [0.25, 0.3) is 0 Å². The number of thioether (sulfide) groups is 1. The zero-order valence-electron chi connectivity index (χ0n) is 22.5. The predicted molar refractivity (Wildman–Crippen MR) is 152 cm³/mol. The first-order valence-corrected chi connectivity index (χ1v) is 16.8. The molecule has 0 bridgehead atoms. The molecule has 0 radical (unpaired) electrons. The van der Waals surface area contributed by atoms with Crippen LogP contribution in [-0.4, -0.2) is 30.1 Å². The molecule has 2 aromatic rings. The molecule has 0 heterocycles. The Morgan fingerprint density at radius 1 is 1.09 bits per heavy atom. The molecule has 2 rings (SSSR count). The van der Waals surface area contributed by atoms with E-state index in [-0.39, 0.29) is 15.9 Å². The van der Waals surface area contributed by atoms with Gasteiger partial charge >= 0.3 is 6.09 Å². The van der Waals surface area contributed by atoms with Crippen molar-refractivity contribution in [1.82, 2.24) is 5.32 Å². The summed E-state index contributed by atoms with van der Waals surface area (Å²) < 4.78 is 5.69. The van der Waals surface area contributed by atoms with Gasteiger partial charge in [0.1, 0.15) is 8.07 Å². The summed E-state index contributed by atoms with van der Waals surface area (Å²) in [6.45, 7) is 16.5. The van der Waals surface area contributed by atoms with Crippen molar-refractivity contribution in [1.29, 1.82) is 0 Å². The molecule has 190 valence electrons. The average Bonchev–Trinajstić information content (AvgIpc) is 2.75. The molecule has 0 aliphatic heterocycles. The highest BCUT2D eigenvalue weighted by molar-refractivity contribution is 8.14. The van der Waals surface area contributed by atoms with Crippen LogP contribution in [0.3, 0.4) is 0 Å². The number of fused-ring (bicyclic) bond motifs is 1. The van der Waals surface area contributed by atoms with Gasteiger partial charge in [0, 0.05) is 4.75 Å². The Morgan fingerprint density at radius 3 is 2.37 bits per heavy atom. The van der Waals surface area contributed by atoms with Gasteiger partial charge in [0.15, 0.2) is 11.2 Å². The standard InChI is InChI=1S/C29H41NO3SSi/c1-9-10-16-25(27(31)34-29(3,4)5)26(19-20-35(6,7)8)33-28(32)30-21(2)23-18-13-15-22-14-11-12-17-24(22)23/h11-15,17-18,21,25-26H,9-10,16H2,1-8H3,(H,30,32)/t21-,25+,26-/m1/s1. The fourth-order valence-electron chi connectivity index (χ4n) is 3.73. The van der Waals surface area contributed by atoms with Crippen molar-refractivity contribution < 1.29 is 14.3 Å². The molecule has 1 amide bonds. The molecule has 0 saturated heterocycles. The van der Waals surface area contributed by atoms with Crippen LogP contribution >= 0.6 is 11.8 Å². The first-order valence-electron chi connectivity index (χ1n) is 12.5. The number of hydrogen-bond acceptors (Lipinski definition) is 4. The zero-order valence-corrected chi connectivity index (χ0v) is 24.3. The number of hydrogen-bond donors (Lipinski definition) is 1. The highest BCUT2D eigenvalue weighted by Crippen LogP contribution is 2.31. The third-order valence-corrected chi connectivity index (χ3v) is 7.40. The molecule has 1 N–H and O–H groups in total. The molecule has 0 unspecified atom stereocenters. The molecule has 0 saturated carbocycles. The van der Waals surface area contributed by atoms with E-state index in [1.165, 1.54) is 11.8 Å². The second-order valence-corrected chi connectivity index (χ2v) is 17.6. The number of alkyl carbamates (subject to hydrolysis) is 1. The van der Waals surface area contributed by atoms with Crippen LogP contribution in [0.25, 0.3) is 10.8 Å². The number of ether oxygens (including phenoxy) is 1. The number of rotatable bonds is 8. The molecule has 0 spiro atoms. The summed E-state index contributed by atoms with van der Waals surface area (Å²) in [5, 5.41) is 5.23. The molecule has 35 heavy (non-hydrogen) atoms. The third kappa shape index (κ3) is 9.74. The van der Waals surface area contributed by atoms with E-state index in [0.29, 0.717) is 6.42 Å². The summed E-state index contributed by atoms with van der Waals surface area (Å²) in [5.41, 5.74) is 4.35. The average molecular weight is 512 g/mol. The lowest BCUT2D eigenvalue weighted by atomic mass is 9.97. The van der Waals surface area contributed by atoms with Gasteiger partial charge in [-0.05, 0) is 29.7 Å². The summed E-state index contributed by atoms with van der Waals surface area (Å²) in [5.74, 6) is 2.75. The van der Waals surface area contributed by atoms with E-state index in [1.807, 2.05) is 52.0 Å². The zero-order chi connectivity index (χ0) is 26.2. The van der Waals surface area contributed by atoms with Gasteiger partial charge in [0.2, 0.25) is 0 Å². The van der Waals surface area contributed by atoms with Crippen molar-refractivity contribution in [2.45, 2.75) is 90.4 Å². The first-order chi connectivity index (χ1) is 16.3. The Morgan fingerprint density at radius 2 is 1.74 bits per heavy atom. The molecule has 4 nitrogen and oxygen atoms in total. The van der Waals surface area contributed by atoms with E-state index in [2.05, 4.69) is 61.5 Å². The Bertz CT molecular complexity index is 1070. The van der Waals surface area contributed by atoms with Gasteiger partial charge in [-0.1, -0.05) is 120 Å². The van der Waals surface area contributed by atoms with Crippen molar-refractivity contribution in [3.63, 3.8) is 0 Å². The van der Waals surface area contributed by atoms with E-state index in [4.69, 9.17) is 4.74 Å². The maximum absolute atomic E-state index is 13.3. The maximum Gasteiger partial charge on any atom is 0.408 e. The van der Waals surface area contributed by atoms with Crippen LogP contribution in [0.15, 0.2) is 42.5 Å². The van der Waals surface area contributed by atoms with Crippen LogP contribution in [-0.2, 0) is 9.53 Å². The van der Waals surface area contributed by atoms with Crippen molar-refractivity contribution in [3.05, 3.63) is 48.0 Å². The monoisotopic (exact) mass is 511 g/mol. The highest BCUT2D eigenvalue weighted by Gasteiger charge is 2.33. The maximum atomic E-state index is 13.3. The van der Waals surface area contributed by atoms with E-state index in [0.717, 1.165) is 29.2 Å². The van der Waals surface area contributed by atoms with Crippen molar-refractivity contribution in [2.24, 2.45) is 5.92 Å². The molecule has 0 fully saturated rings. The van der Waals surface area contributed by atoms with Gasteiger partial charge in [-0.15, -0.1) is 5.54 Å². The summed E-state index contributed by atoms with van der Waals surface area (Å²) in [6, 6.07) is 13.9. The van der Waals surface area contributed by atoms with Gasteiger partial charge in [-0.25, -0.2) is 4.79 Å². The molecule has 2 aromatic carbocycles. The molecular weight excluding hydrogens is 470 g/mol. The van der Waals surface area contributed by atoms with Gasteiger partial charge in [0.05, 0.1) is 12.0 Å². The summed E-state index contributed by atoms with van der Waals surface area (Å²) in [4.78, 5) is 26.4. The van der Waals surface area contributed by atoms with Crippen LogP contribution in [0.2, 0.25) is 19.6 Å². The minimum Gasteiger partial charge on any atom is -0.432 e. The number of unbranched alkanes of at least 4 members (excludes halogenated alkanes) is 1. The molecule has 6 heteroatoms. The normalized spacial score (nSPS) is 14.4. The fraction of sp³-hybridized carbons (Fsp3) is 0.517. The lowest BCUT2D eigenvalue weighted by Crippen LogP contribution is -2.37. The Balaban J connectivity index is 2.29. The lowest BCUT2D eigenvalue weighted by molar-refractivity contribution is -0.116. The molecule has 0 aliphatic carbocycles. The predicted octanol–water partition coefficient (Wildman–Crippen LogP) is 7.74. The van der Waals surface area contributed by atoms with E-state index in [9.17, 15) is 9.59 Å². The minimum atomic E-state index is -1.74. The molecule has 0 aromatic heterocycles. The Labute approximate surface area is 217 Å². The fourth-order valence-corrected chi connectivity index (χ4v) is 5.30. The van der Waals surface area contributed by atoms with Crippen LogP contribution < -0.4 is 5.32 Å². The lowest BCUT2D eigenvalue weighted by Gasteiger charge is -2.26. The Kier molecular flexibility index (Phi) is 10.5. The summed E-state index contributed by atoms with van der Waals surface area (Å²) in [6.07, 6.45) is 1.17.